The van der Waals surface area contributed by atoms with E-state index in [1.165, 1.54) is 11.6 Å². The smallest absolute Gasteiger partial charge is 0.332 e. The summed E-state index contributed by atoms with van der Waals surface area (Å²) in [6, 6.07) is 0.136. The van der Waals surface area contributed by atoms with Gasteiger partial charge in [0.25, 0.3) is 5.56 Å². The van der Waals surface area contributed by atoms with Crippen molar-refractivity contribution in [3.63, 3.8) is 0 Å². The fourth-order valence-electron chi connectivity index (χ4n) is 2.87. The quantitative estimate of drug-likeness (QED) is 0.749. The van der Waals surface area contributed by atoms with Gasteiger partial charge in [-0.1, -0.05) is 0 Å². The lowest BCUT2D eigenvalue weighted by atomic mass is 10.0. The third-order valence-electron chi connectivity index (χ3n) is 4.35. The zero-order valence-electron chi connectivity index (χ0n) is 12.5. The Morgan fingerprint density at radius 1 is 1.33 bits per heavy atom. The zero-order valence-corrected chi connectivity index (χ0v) is 12.5. The van der Waals surface area contributed by atoms with E-state index in [2.05, 4.69) is 14.9 Å². The fourth-order valence-corrected chi connectivity index (χ4v) is 2.87. The number of nitrogens with two attached hydrogens (primary N) is 1. The van der Waals surface area contributed by atoms with Crippen LogP contribution in [-0.4, -0.2) is 38.2 Å². The van der Waals surface area contributed by atoms with Crippen molar-refractivity contribution in [1.29, 1.82) is 0 Å². The van der Waals surface area contributed by atoms with Crippen LogP contribution < -0.4 is 21.9 Å². The molecule has 8 heteroatoms. The molecule has 0 radical (unpaired) electrons. The van der Waals surface area contributed by atoms with E-state index < -0.39 is 0 Å². The molecule has 3 rings (SSSR count). The molecule has 0 aliphatic carbocycles. The third kappa shape index (κ3) is 2.06. The molecular weight excluding hydrogens is 272 g/mol. The van der Waals surface area contributed by atoms with Crippen LogP contribution >= 0.6 is 0 Å². The largest absolute Gasteiger partial charge is 0.342 e. The van der Waals surface area contributed by atoms with Gasteiger partial charge in [-0.05, 0) is 19.3 Å². The standard InChI is InChI=1S/C13H20N6O2/c1-7(14)8-4-5-19(6-8)12-15-9-10(16-12)17(2)13(21)18(3)11(9)20/h7-8H,4-6,14H2,1-3H3,(H,15,16). The Hall–Kier alpha value is -2.09. The minimum absolute atomic E-state index is 0.136. The highest BCUT2D eigenvalue weighted by Gasteiger charge is 2.27. The summed E-state index contributed by atoms with van der Waals surface area (Å²) in [7, 11) is 3.08. The van der Waals surface area contributed by atoms with Crippen LogP contribution in [0.4, 0.5) is 5.95 Å². The van der Waals surface area contributed by atoms with Crippen molar-refractivity contribution in [2.24, 2.45) is 25.7 Å². The Morgan fingerprint density at radius 2 is 2.05 bits per heavy atom. The summed E-state index contributed by atoms with van der Waals surface area (Å²) in [6.07, 6.45) is 1.01. The molecule has 0 amide bonds. The summed E-state index contributed by atoms with van der Waals surface area (Å²) in [6.45, 7) is 3.66. The molecule has 0 bridgehead atoms. The van der Waals surface area contributed by atoms with Crippen molar-refractivity contribution in [3.05, 3.63) is 20.8 Å². The van der Waals surface area contributed by atoms with Crippen LogP contribution in [0.15, 0.2) is 9.59 Å². The SMILES string of the molecule is CC(N)C1CCN(c2nc3c([nH]2)c(=O)n(C)c(=O)n3C)C1. The molecule has 2 aromatic rings. The topological polar surface area (TPSA) is 102 Å². The molecule has 1 aliphatic heterocycles. The first-order valence-electron chi connectivity index (χ1n) is 7.06. The maximum absolute atomic E-state index is 12.1. The van der Waals surface area contributed by atoms with E-state index >= 15 is 0 Å². The Bertz CT molecular complexity index is 799. The van der Waals surface area contributed by atoms with E-state index in [0.717, 1.165) is 24.1 Å². The summed E-state index contributed by atoms with van der Waals surface area (Å²) in [5.41, 5.74) is 5.97. The minimum Gasteiger partial charge on any atom is -0.342 e. The van der Waals surface area contributed by atoms with Gasteiger partial charge >= 0.3 is 5.69 Å². The molecule has 3 N–H and O–H groups in total. The number of hydrogen-bond acceptors (Lipinski definition) is 5. The number of H-pyrrole nitrogens is 1. The molecule has 2 atom stereocenters. The van der Waals surface area contributed by atoms with Gasteiger partial charge in [0.05, 0.1) is 0 Å². The number of anilines is 1. The summed E-state index contributed by atoms with van der Waals surface area (Å²) >= 11 is 0. The molecule has 1 aliphatic rings. The monoisotopic (exact) mass is 292 g/mol. The molecule has 0 saturated carbocycles. The van der Waals surface area contributed by atoms with Crippen molar-refractivity contribution in [2.45, 2.75) is 19.4 Å². The summed E-state index contributed by atoms with van der Waals surface area (Å²) in [4.78, 5) is 33.6. The molecule has 2 unspecified atom stereocenters. The number of nitrogens with zero attached hydrogens (tertiary/aromatic N) is 4. The zero-order chi connectivity index (χ0) is 15.3. The van der Waals surface area contributed by atoms with Crippen LogP contribution in [0.3, 0.4) is 0 Å². The first-order valence-corrected chi connectivity index (χ1v) is 7.06. The van der Waals surface area contributed by atoms with Crippen LogP contribution in [0.2, 0.25) is 0 Å². The molecule has 3 heterocycles. The van der Waals surface area contributed by atoms with Crippen molar-refractivity contribution in [2.75, 3.05) is 18.0 Å². The number of aromatic amines is 1. The van der Waals surface area contributed by atoms with E-state index in [1.54, 1.807) is 7.05 Å². The van der Waals surface area contributed by atoms with Gasteiger partial charge in [-0.2, -0.15) is 4.98 Å². The maximum Gasteiger partial charge on any atom is 0.332 e. The van der Waals surface area contributed by atoms with Gasteiger partial charge in [0.2, 0.25) is 5.95 Å². The predicted molar refractivity (Wildman–Crippen MR) is 80.5 cm³/mol. The van der Waals surface area contributed by atoms with Crippen molar-refractivity contribution in [1.82, 2.24) is 19.1 Å². The van der Waals surface area contributed by atoms with Crippen LogP contribution in [0.1, 0.15) is 13.3 Å². The highest BCUT2D eigenvalue weighted by Crippen LogP contribution is 2.23. The van der Waals surface area contributed by atoms with E-state index in [0.29, 0.717) is 23.0 Å². The Balaban J connectivity index is 2.07. The van der Waals surface area contributed by atoms with Crippen LogP contribution in [0, 0.1) is 5.92 Å². The number of imidazole rings is 1. The highest BCUT2D eigenvalue weighted by atomic mass is 16.2. The van der Waals surface area contributed by atoms with E-state index in [-0.39, 0.29) is 17.3 Å². The highest BCUT2D eigenvalue weighted by molar-refractivity contribution is 5.73. The molecular formula is C13H20N6O2. The van der Waals surface area contributed by atoms with Gasteiger partial charge in [0.15, 0.2) is 11.2 Å². The second-order valence-electron chi connectivity index (χ2n) is 5.82. The Labute approximate surface area is 121 Å². The van der Waals surface area contributed by atoms with Gasteiger partial charge in [0.1, 0.15) is 0 Å². The third-order valence-corrected chi connectivity index (χ3v) is 4.35. The molecule has 114 valence electrons. The molecule has 1 saturated heterocycles. The van der Waals surface area contributed by atoms with Gasteiger partial charge < -0.3 is 15.6 Å². The summed E-state index contributed by atoms with van der Waals surface area (Å²) in [5.74, 6) is 1.05. The van der Waals surface area contributed by atoms with Crippen LogP contribution in [0.25, 0.3) is 11.2 Å². The predicted octanol–water partition coefficient (Wildman–Crippen LogP) is -0.866. The second-order valence-corrected chi connectivity index (χ2v) is 5.82. The molecule has 0 aromatic carbocycles. The number of aromatic nitrogens is 4. The number of hydrogen-bond donors (Lipinski definition) is 2. The van der Waals surface area contributed by atoms with Crippen molar-refractivity contribution < 1.29 is 0 Å². The maximum atomic E-state index is 12.1. The van der Waals surface area contributed by atoms with Gasteiger partial charge in [-0.25, -0.2) is 4.79 Å². The van der Waals surface area contributed by atoms with Crippen molar-refractivity contribution in [3.8, 4) is 0 Å². The van der Waals surface area contributed by atoms with Crippen molar-refractivity contribution >= 4 is 17.1 Å². The summed E-state index contributed by atoms with van der Waals surface area (Å²) in [5, 5.41) is 0. The molecule has 21 heavy (non-hydrogen) atoms. The number of fused-ring (bicyclic) bond motifs is 1. The average Bonchev–Trinajstić information content (AvgIpc) is 3.08. The van der Waals surface area contributed by atoms with E-state index in [9.17, 15) is 9.59 Å². The first-order chi connectivity index (χ1) is 9.90. The lowest BCUT2D eigenvalue weighted by Gasteiger charge is -2.16. The first kappa shape index (κ1) is 13.9. The molecule has 2 aromatic heterocycles. The minimum atomic E-state index is -0.375. The lowest BCUT2D eigenvalue weighted by molar-refractivity contribution is 0.488. The Kier molecular flexibility index (Phi) is 3.12. The average molecular weight is 292 g/mol. The van der Waals surface area contributed by atoms with Gasteiger partial charge in [0, 0.05) is 33.2 Å². The molecule has 8 nitrogen and oxygen atoms in total. The lowest BCUT2D eigenvalue weighted by Crippen LogP contribution is -2.36. The normalized spacial score (nSPS) is 20.4. The molecule has 1 fully saturated rings. The second kappa shape index (κ2) is 4.73. The van der Waals surface area contributed by atoms with Gasteiger partial charge in [-0.15, -0.1) is 0 Å². The number of nitrogens with one attached hydrogen (secondary N) is 1. The van der Waals surface area contributed by atoms with E-state index in [4.69, 9.17) is 5.73 Å². The van der Waals surface area contributed by atoms with E-state index in [1.807, 2.05) is 6.92 Å². The number of aryl methyl sites for hydroxylation is 1. The number of rotatable bonds is 2. The molecule has 0 spiro atoms. The van der Waals surface area contributed by atoms with Gasteiger partial charge in [-0.3, -0.25) is 13.9 Å². The van der Waals surface area contributed by atoms with Crippen LogP contribution in [0.5, 0.6) is 0 Å². The summed E-state index contributed by atoms with van der Waals surface area (Å²) < 4.78 is 2.47. The van der Waals surface area contributed by atoms with Crippen LogP contribution in [-0.2, 0) is 14.1 Å². The fraction of sp³-hybridized carbons (Fsp3) is 0.615. The Morgan fingerprint density at radius 3 is 2.67 bits per heavy atom.